The average Bonchev–Trinajstić information content (AvgIpc) is 1.95. The fourth-order valence-electron chi connectivity index (χ4n) is 4.65. The number of rotatable bonds is 0. The molecule has 4 fully saturated rings. The van der Waals surface area contributed by atoms with Crippen LogP contribution in [-0.4, -0.2) is 21.5 Å². The molecule has 2 nitrogen and oxygen atoms in total. The Morgan fingerprint density at radius 1 is 1.14 bits per heavy atom. The standard InChI is InChI=1S/C11H17FNO/c1-9-3-8-4-10(2,13(9)14)7-11(12,5-8)6-9/h8H,3-7H2,1-2H3/q+1/t8?,9-,10+,11?. The molecule has 4 atom stereocenters. The number of hydrogen-bond donors (Lipinski definition) is 0. The zero-order chi connectivity index (χ0) is 10.2. The number of hydrogen-bond acceptors (Lipinski definition) is 1. The van der Waals surface area contributed by atoms with Gasteiger partial charge < -0.3 is 0 Å². The molecule has 0 aromatic carbocycles. The summed E-state index contributed by atoms with van der Waals surface area (Å²) in [5.41, 5.74) is -1.86. The van der Waals surface area contributed by atoms with Crippen molar-refractivity contribution in [2.45, 2.75) is 62.7 Å². The molecule has 0 amide bonds. The zero-order valence-electron chi connectivity index (χ0n) is 8.85. The van der Waals surface area contributed by atoms with Gasteiger partial charge in [-0.25, -0.2) is 4.39 Å². The third-order valence-corrected chi connectivity index (χ3v) is 4.49. The van der Waals surface area contributed by atoms with Crippen molar-refractivity contribution in [3.05, 3.63) is 4.91 Å². The van der Waals surface area contributed by atoms with Crippen LogP contribution in [0.1, 0.15) is 46.0 Å². The Balaban J connectivity index is 2.12. The summed E-state index contributed by atoms with van der Waals surface area (Å²) in [6.07, 6.45) is 3.41. The minimum absolute atomic E-state index is 0.414. The van der Waals surface area contributed by atoms with Gasteiger partial charge in [0.2, 0.25) is 11.1 Å². The van der Waals surface area contributed by atoms with Crippen LogP contribution in [0.2, 0.25) is 0 Å². The van der Waals surface area contributed by atoms with Crippen molar-refractivity contribution in [3.8, 4) is 0 Å². The number of piperidine rings is 2. The van der Waals surface area contributed by atoms with Crippen LogP contribution in [0.15, 0.2) is 0 Å². The van der Waals surface area contributed by atoms with Crippen molar-refractivity contribution in [1.82, 2.24) is 0 Å². The fraction of sp³-hybridized carbons (Fsp3) is 1.00. The predicted molar refractivity (Wildman–Crippen MR) is 50.9 cm³/mol. The smallest absolute Gasteiger partial charge is 0.211 e. The molecular weight excluding hydrogens is 181 g/mol. The van der Waals surface area contributed by atoms with Crippen LogP contribution in [0.3, 0.4) is 0 Å². The maximum atomic E-state index is 14.4. The summed E-state index contributed by atoms with van der Waals surface area (Å²) in [6, 6.07) is 0. The first kappa shape index (κ1) is 8.81. The van der Waals surface area contributed by atoms with Crippen LogP contribution in [0.4, 0.5) is 4.39 Å². The molecule has 4 rings (SSSR count). The van der Waals surface area contributed by atoms with Gasteiger partial charge >= 0.3 is 0 Å². The lowest BCUT2D eigenvalue weighted by atomic mass is 9.54. The summed E-state index contributed by atoms with van der Waals surface area (Å²) in [7, 11) is 0. The van der Waals surface area contributed by atoms with Gasteiger partial charge in [-0.2, -0.15) is 0 Å². The molecule has 2 aliphatic carbocycles. The second-order valence-electron chi connectivity index (χ2n) is 6.27. The van der Waals surface area contributed by atoms with Crippen LogP contribution in [0, 0.1) is 10.8 Å². The Morgan fingerprint density at radius 3 is 2.07 bits per heavy atom. The molecule has 2 saturated carbocycles. The van der Waals surface area contributed by atoms with E-state index in [9.17, 15) is 9.30 Å². The molecule has 2 heterocycles. The molecule has 3 heteroatoms. The highest BCUT2D eigenvalue weighted by molar-refractivity contribution is 5.10. The van der Waals surface area contributed by atoms with Crippen molar-refractivity contribution < 1.29 is 9.15 Å². The monoisotopic (exact) mass is 198 g/mol. The van der Waals surface area contributed by atoms with Crippen molar-refractivity contribution >= 4 is 0 Å². The highest BCUT2D eigenvalue weighted by atomic mass is 19.1. The Morgan fingerprint density at radius 2 is 1.64 bits per heavy atom. The van der Waals surface area contributed by atoms with Crippen molar-refractivity contribution in [2.24, 2.45) is 5.92 Å². The Labute approximate surface area is 83.4 Å². The zero-order valence-corrected chi connectivity index (χ0v) is 8.85. The number of halogens is 1. The summed E-state index contributed by atoms with van der Waals surface area (Å²) in [5.74, 6) is 0.447. The Bertz CT molecular complexity index is 305. The van der Waals surface area contributed by atoms with E-state index < -0.39 is 16.7 Å². The molecule has 2 saturated heterocycles. The van der Waals surface area contributed by atoms with E-state index in [0.29, 0.717) is 25.2 Å². The van der Waals surface area contributed by atoms with E-state index in [2.05, 4.69) is 0 Å². The summed E-state index contributed by atoms with van der Waals surface area (Å²) < 4.78 is 15.6. The first-order valence-corrected chi connectivity index (χ1v) is 5.52. The Hall–Kier alpha value is -0.470. The fourth-order valence-corrected chi connectivity index (χ4v) is 4.65. The van der Waals surface area contributed by atoms with E-state index in [4.69, 9.17) is 0 Å². The van der Waals surface area contributed by atoms with E-state index >= 15 is 0 Å². The minimum atomic E-state index is -1.04. The average molecular weight is 198 g/mol. The van der Waals surface area contributed by atoms with Crippen LogP contribution < -0.4 is 0 Å². The quantitative estimate of drug-likeness (QED) is 0.548. The molecule has 0 N–H and O–H groups in total. The van der Waals surface area contributed by atoms with Gasteiger partial charge in [-0.3, -0.25) is 0 Å². The summed E-state index contributed by atoms with van der Waals surface area (Å²) in [4.78, 5) is 12.1. The molecule has 4 bridgehead atoms. The first-order chi connectivity index (χ1) is 6.35. The first-order valence-electron chi connectivity index (χ1n) is 5.52. The lowest BCUT2D eigenvalue weighted by molar-refractivity contribution is -0.725. The maximum absolute atomic E-state index is 14.4. The van der Waals surface area contributed by atoms with Gasteiger partial charge in [-0.05, 0) is 12.3 Å². The molecule has 0 radical (unpaired) electrons. The van der Waals surface area contributed by atoms with Gasteiger partial charge in [0.25, 0.3) is 0 Å². The number of nitrogens with zero attached hydrogens (tertiary/aromatic N) is 1. The van der Waals surface area contributed by atoms with Crippen LogP contribution >= 0.6 is 0 Å². The van der Waals surface area contributed by atoms with Gasteiger partial charge in [0.15, 0.2) is 0 Å². The second-order valence-corrected chi connectivity index (χ2v) is 6.27. The number of alkyl halides is 1. The van der Waals surface area contributed by atoms with E-state index in [1.54, 1.807) is 0 Å². The van der Waals surface area contributed by atoms with Gasteiger partial charge in [-0.15, -0.1) is 0 Å². The normalized spacial score (nSPS) is 60.8. The second kappa shape index (κ2) is 2.05. The Kier molecular flexibility index (Phi) is 1.29. The molecule has 4 aliphatic rings. The SMILES string of the molecule is C[C@]12CC3CC(F)(C1)C[C@@](C)(C3)[N+]2=O. The van der Waals surface area contributed by atoms with Gasteiger partial charge in [0.05, 0.1) is 12.8 Å². The highest BCUT2D eigenvalue weighted by Crippen LogP contribution is 2.59. The molecule has 2 aliphatic heterocycles. The third-order valence-electron chi connectivity index (χ3n) is 4.49. The lowest BCUT2D eigenvalue weighted by Crippen LogP contribution is -2.69. The summed E-state index contributed by atoms with van der Waals surface area (Å²) >= 11 is 0. The van der Waals surface area contributed by atoms with E-state index in [1.165, 1.54) is 4.76 Å². The van der Waals surface area contributed by atoms with Gasteiger partial charge in [-0.1, -0.05) is 0 Å². The van der Waals surface area contributed by atoms with Crippen molar-refractivity contribution in [3.63, 3.8) is 0 Å². The summed E-state index contributed by atoms with van der Waals surface area (Å²) in [5, 5.41) is 0. The lowest BCUT2D eigenvalue weighted by Gasteiger charge is -2.55. The molecule has 0 aromatic rings. The van der Waals surface area contributed by atoms with Crippen LogP contribution in [-0.2, 0) is 0 Å². The molecule has 78 valence electrons. The van der Waals surface area contributed by atoms with E-state index in [-0.39, 0.29) is 0 Å². The number of nitroso groups, excluding NO2 is 1. The molecule has 0 aromatic heterocycles. The maximum Gasteiger partial charge on any atom is 0.211 e. The summed E-state index contributed by atoms with van der Waals surface area (Å²) in [6.45, 7) is 3.88. The van der Waals surface area contributed by atoms with Gasteiger partial charge in [0, 0.05) is 36.4 Å². The molecule has 2 unspecified atom stereocenters. The van der Waals surface area contributed by atoms with E-state index in [1.807, 2.05) is 13.8 Å². The van der Waals surface area contributed by atoms with Crippen molar-refractivity contribution in [1.29, 1.82) is 0 Å². The minimum Gasteiger partial charge on any atom is -0.243 e. The third kappa shape index (κ3) is 0.861. The molecule has 14 heavy (non-hydrogen) atoms. The topological polar surface area (TPSA) is 20.1 Å². The van der Waals surface area contributed by atoms with Crippen molar-refractivity contribution in [2.75, 3.05) is 0 Å². The highest BCUT2D eigenvalue weighted by Gasteiger charge is 2.72. The predicted octanol–water partition coefficient (Wildman–Crippen LogP) is 2.60. The van der Waals surface area contributed by atoms with Crippen LogP contribution in [0.5, 0.6) is 0 Å². The van der Waals surface area contributed by atoms with Crippen LogP contribution in [0.25, 0.3) is 0 Å². The molecular formula is C11H17FNO+. The van der Waals surface area contributed by atoms with Gasteiger partial charge in [0.1, 0.15) is 5.67 Å². The van der Waals surface area contributed by atoms with E-state index in [0.717, 1.165) is 12.8 Å². The molecule has 0 spiro atoms. The largest absolute Gasteiger partial charge is 0.243 e.